The fourth-order valence-corrected chi connectivity index (χ4v) is 2.85. The van der Waals surface area contributed by atoms with Crippen LogP contribution < -0.4 is 5.32 Å². The first-order valence-electron chi connectivity index (χ1n) is 7.32. The summed E-state index contributed by atoms with van der Waals surface area (Å²) in [7, 11) is 0. The average molecular weight is 287 g/mol. The maximum Gasteiger partial charge on any atom is 0.224 e. The Balaban J connectivity index is 4.54. The van der Waals surface area contributed by atoms with E-state index in [1.54, 1.807) is 18.7 Å². The van der Waals surface area contributed by atoms with Crippen LogP contribution in [-0.4, -0.2) is 29.2 Å². The lowest BCUT2D eigenvalue weighted by Gasteiger charge is -2.23. The summed E-state index contributed by atoms with van der Waals surface area (Å²) in [5.41, 5.74) is 0. The van der Waals surface area contributed by atoms with Gasteiger partial charge in [-0.2, -0.15) is 11.8 Å². The molecular formula is C15H29NO2S. The van der Waals surface area contributed by atoms with Gasteiger partial charge in [0.1, 0.15) is 0 Å². The summed E-state index contributed by atoms with van der Waals surface area (Å²) in [6, 6.07) is -0.344. The van der Waals surface area contributed by atoms with Crippen LogP contribution in [0.5, 0.6) is 0 Å². The van der Waals surface area contributed by atoms with Gasteiger partial charge < -0.3 is 5.32 Å². The van der Waals surface area contributed by atoms with Crippen LogP contribution in [0.1, 0.15) is 53.9 Å². The van der Waals surface area contributed by atoms with Crippen LogP contribution in [-0.2, 0) is 9.59 Å². The van der Waals surface area contributed by atoms with Gasteiger partial charge in [-0.15, -0.1) is 0 Å². The van der Waals surface area contributed by atoms with Crippen LogP contribution in [0.4, 0.5) is 0 Å². The number of carbonyl (C=O) groups excluding carboxylic acids is 2. The number of amides is 1. The number of hydrogen-bond acceptors (Lipinski definition) is 3. The van der Waals surface area contributed by atoms with E-state index in [4.69, 9.17) is 0 Å². The highest BCUT2D eigenvalue weighted by Crippen LogP contribution is 2.16. The zero-order valence-corrected chi connectivity index (χ0v) is 13.8. The van der Waals surface area contributed by atoms with Gasteiger partial charge in [0.25, 0.3) is 0 Å². The first-order chi connectivity index (χ1) is 8.93. The molecule has 2 atom stereocenters. The Kier molecular flexibility index (Phi) is 10.0. The normalized spacial score (nSPS) is 14.2. The van der Waals surface area contributed by atoms with Gasteiger partial charge in [-0.25, -0.2) is 0 Å². The number of nitrogens with one attached hydrogen (secondary N) is 1. The van der Waals surface area contributed by atoms with Crippen molar-refractivity contribution in [1.82, 2.24) is 5.32 Å². The second-order valence-electron chi connectivity index (χ2n) is 5.34. The molecule has 0 aromatic heterocycles. The summed E-state index contributed by atoms with van der Waals surface area (Å²) in [6.45, 7) is 9.72. The molecule has 4 heteroatoms. The molecule has 1 N–H and O–H groups in total. The van der Waals surface area contributed by atoms with Gasteiger partial charge in [-0.05, 0) is 25.0 Å². The molecular weight excluding hydrogens is 258 g/mol. The fraction of sp³-hybridized carbons (Fsp3) is 0.867. The molecule has 0 aliphatic heterocycles. The number of Topliss-reactive ketones (excluding diaryl/α,β-unsaturated/α-hetero) is 1. The average Bonchev–Trinajstić information content (AvgIpc) is 2.35. The smallest absolute Gasteiger partial charge is 0.224 e. The third-order valence-corrected chi connectivity index (χ3v) is 4.25. The minimum absolute atomic E-state index is 0.0329. The lowest BCUT2D eigenvalue weighted by Crippen LogP contribution is -2.46. The molecule has 0 aromatic rings. The predicted molar refractivity (Wildman–Crippen MR) is 83.5 cm³/mol. The Morgan fingerprint density at radius 1 is 1.21 bits per heavy atom. The van der Waals surface area contributed by atoms with Crippen molar-refractivity contribution in [1.29, 1.82) is 0 Å². The van der Waals surface area contributed by atoms with E-state index in [2.05, 4.69) is 19.2 Å². The highest BCUT2D eigenvalue weighted by Gasteiger charge is 2.25. The summed E-state index contributed by atoms with van der Waals surface area (Å²) < 4.78 is 0. The molecule has 0 saturated carbocycles. The Bertz CT molecular complexity index is 271. The zero-order chi connectivity index (χ0) is 14.8. The van der Waals surface area contributed by atoms with Gasteiger partial charge >= 0.3 is 0 Å². The van der Waals surface area contributed by atoms with Crippen LogP contribution >= 0.6 is 11.8 Å². The van der Waals surface area contributed by atoms with Gasteiger partial charge in [-0.1, -0.05) is 40.5 Å². The van der Waals surface area contributed by atoms with E-state index in [0.717, 1.165) is 30.8 Å². The van der Waals surface area contributed by atoms with Gasteiger partial charge in [0.15, 0.2) is 5.78 Å². The number of rotatable bonds is 10. The van der Waals surface area contributed by atoms with E-state index in [0.29, 0.717) is 0 Å². The first-order valence-corrected chi connectivity index (χ1v) is 8.48. The molecule has 0 heterocycles. The van der Waals surface area contributed by atoms with E-state index < -0.39 is 0 Å². The molecule has 112 valence electrons. The minimum Gasteiger partial charge on any atom is -0.346 e. The second-order valence-corrected chi connectivity index (χ2v) is 6.66. The van der Waals surface area contributed by atoms with E-state index in [1.807, 2.05) is 13.8 Å². The minimum atomic E-state index is -0.344. The molecule has 0 bridgehead atoms. The molecule has 1 unspecified atom stereocenters. The Morgan fingerprint density at radius 2 is 1.84 bits per heavy atom. The molecule has 0 aliphatic carbocycles. The number of ketones is 1. The molecule has 0 fully saturated rings. The van der Waals surface area contributed by atoms with Crippen molar-refractivity contribution in [3.63, 3.8) is 0 Å². The van der Waals surface area contributed by atoms with Gasteiger partial charge in [-0.3, -0.25) is 9.59 Å². The molecule has 1 amide bonds. The van der Waals surface area contributed by atoms with Crippen molar-refractivity contribution in [3.8, 4) is 0 Å². The van der Waals surface area contributed by atoms with Gasteiger partial charge in [0.2, 0.25) is 5.91 Å². The fourth-order valence-electron chi connectivity index (χ4n) is 2.01. The number of unbranched alkanes of at least 4 members (excludes halogenated alkanes) is 1. The van der Waals surface area contributed by atoms with Crippen LogP contribution in [0.3, 0.4) is 0 Å². The Morgan fingerprint density at radius 3 is 2.26 bits per heavy atom. The van der Waals surface area contributed by atoms with Gasteiger partial charge in [0, 0.05) is 11.7 Å². The molecule has 0 spiro atoms. The van der Waals surface area contributed by atoms with Crippen molar-refractivity contribution in [2.24, 2.45) is 11.8 Å². The molecule has 0 radical (unpaired) electrons. The van der Waals surface area contributed by atoms with E-state index in [1.165, 1.54) is 0 Å². The van der Waals surface area contributed by atoms with Crippen molar-refractivity contribution in [2.45, 2.75) is 59.9 Å². The van der Waals surface area contributed by atoms with Crippen molar-refractivity contribution >= 4 is 23.5 Å². The van der Waals surface area contributed by atoms with Crippen LogP contribution in [0, 0.1) is 11.8 Å². The standard InChI is InChI=1S/C15H29NO2S/c1-6-8-9-13(10-19-7-2)15(18)16-14(11(3)4)12(5)17/h11,13-14H,6-10H2,1-5H3,(H,16,18)/t13?,14-/m0/s1. The highest BCUT2D eigenvalue weighted by atomic mass is 32.2. The highest BCUT2D eigenvalue weighted by molar-refractivity contribution is 7.99. The molecule has 0 rings (SSSR count). The third kappa shape index (κ3) is 7.61. The SMILES string of the molecule is CCCCC(CSCC)C(=O)N[C@H](C(C)=O)C(C)C. The largest absolute Gasteiger partial charge is 0.346 e. The van der Waals surface area contributed by atoms with E-state index in [-0.39, 0.29) is 29.6 Å². The third-order valence-electron chi connectivity index (χ3n) is 3.20. The second kappa shape index (κ2) is 10.3. The summed E-state index contributed by atoms with van der Waals surface area (Å²) in [6.07, 6.45) is 3.08. The quantitative estimate of drug-likeness (QED) is 0.671. The predicted octanol–water partition coefficient (Wildman–Crippen LogP) is 3.28. The summed E-state index contributed by atoms with van der Waals surface area (Å²) >= 11 is 1.79. The molecule has 0 aliphatic rings. The van der Waals surface area contributed by atoms with E-state index in [9.17, 15) is 9.59 Å². The number of hydrogen-bond donors (Lipinski definition) is 1. The monoisotopic (exact) mass is 287 g/mol. The molecule has 0 saturated heterocycles. The van der Waals surface area contributed by atoms with E-state index >= 15 is 0 Å². The van der Waals surface area contributed by atoms with Crippen LogP contribution in [0.25, 0.3) is 0 Å². The summed E-state index contributed by atoms with van der Waals surface area (Å²) in [5.74, 6) is 2.14. The number of carbonyl (C=O) groups is 2. The molecule has 0 aromatic carbocycles. The van der Waals surface area contributed by atoms with Gasteiger partial charge in [0.05, 0.1) is 6.04 Å². The maximum absolute atomic E-state index is 12.3. The summed E-state index contributed by atoms with van der Waals surface area (Å²) in [4.78, 5) is 23.8. The van der Waals surface area contributed by atoms with Crippen molar-refractivity contribution < 1.29 is 9.59 Å². The first kappa shape index (κ1) is 18.5. The maximum atomic E-state index is 12.3. The van der Waals surface area contributed by atoms with Crippen LogP contribution in [0.2, 0.25) is 0 Å². The lowest BCUT2D eigenvalue weighted by molar-refractivity contribution is -0.130. The molecule has 3 nitrogen and oxygen atoms in total. The van der Waals surface area contributed by atoms with Crippen molar-refractivity contribution in [3.05, 3.63) is 0 Å². The number of thioether (sulfide) groups is 1. The molecule has 19 heavy (non-hydrogen) atoms. The van der Waals surface area contributed by atoms with Crippen molar-refractivity contribution in [2.75, 3.05) is 11.5 Å². The Labute approximate surface area is 122 Å². The zero-order valence-electron chi connectivity index (χ0n) is 13.0. The lowest BCUT2D eigenvalue weighted by atomic mass is 9.98. The summed E-state index contributed by atoms with van der Waals surface area (Å²) in [5, 5.41) is 2.93. The topological polar surface area (TPSA) is 46.2 Å². The Hall–Kier alpha value is -0.510. The van der Waals surface area contributed by atoms with Crippen LogP contribution in [0.15, 0.2) is 0 Å².